The van der Waals surface area contributed by atoms with E-state index in [1.54, 1.807) is 19.1 Å². The zero-order valence-electron chi connectivity index (χ0n) is 9.63. The number of amides is 2. The Labute approximate surface area is 114 Å². The number of ether oxygens (including phenoxy) is 1. The van der Waals surface area contributed by atoms with Gasteiger partial charge in [0, 0.05) is 5.02 Å². The molecule has 0 aliphatic heterocycles. The van der Waals surface area contributed by atoms with Crippen molar-refractivity contribution in [2.75, 3.05) is 18.5 Å². The van der Waals surface area contributed by atoms with E-state index in [1.807, 2.05) is 0 Å². The SMILES string of the molecule is CCOC(=O)CNC(=O)Nc1cc(Cl)ccc1Cl. The predicted molar refractivity (Wildman–Crippen MR) is 70.1 cm³/mol. The fraction of sp³-hybridized carbons (Fsp3) is 0.273. The summed E-state index contributed by atoms with van der Waals surface area (Å²) in [6, 6.07) is 4.11. The van der Waals surface area contributed by atoms with Crippen LogP contribution >= 0.6 is 23.2 Å². The second-order valence-corrected chi connectivity index (χ2v) is 4.08. The fourth-order valence-electron chi connectivity index (χ4n) is 1.12. The maximum Gasteiger partial charge on any atom is 0.325 e. The number of carbonyl (C=O) groups excluding carboxylic acids is 2. The highest BCUT2D eigenvalue weighted by atomic mass is 35.5. The minimum atomic E-state index is -0.563. The smallest absolute Gasteiger partial charge is 0.325 e. The van der Waals surface area contributed by atoms with Gasteiger partial charge in [-0.3, -0.25) is 4.79 Å². The van der Waals surface area contributed by atoms with Crippen LogP contribution in [0, 0.1) is 0 Å². The highest BCUT2D eigenvalue weighted by molar-refractivity contribution is 6.35. The van der Waals surface area contributed by atoms with E-state index in [9.17, 15) is 9.59 Å². The van der Waals surface area contributed by atoms with Gasteiger partial charge in [-0.25, -0.2) is 4.79 Å². The van der Waals surface area contributed by atoms with Gasteiger partial charge >= 0.3 is 12.0 Å². The first-order valence-electron chi connectivity index (χ1n) is 5.18. The van der Waals surface area contributed by atoms with Crippen molar-refractivity contribution >= 4 is 40.9 Å². The third-order valence-corrected chi connectivity index (χ3v) is 2.44. The lowest BCUT2D eigenvalue weighted by molar-refractivity contribution is -0.141. The molecule has 5 nitrogen and oxygen atoms in total. The quantitative estimate of drug-likeness (QED) is 0.838. The number of benzene rings is 1. The van der Waals surface area contributed by atoms with Crippen LogP contribution in [-0.4, -0.2) is 25.2 Å². The Morgan fingerprint density at radius 2 is 2.06 bits per heavy atom. The average molecular weight is 291 g/mol. The van der Waals surface area contributed by atoms with Crippen molar-refractivity contribution in [3.8, 4) is 0 Å². The molecular weight excluding hydrogens is 279 g/mol. The summed E-state index contributed by atoms with van der Waals surface area (Å²) >= 11 is 11.6. The predicted octanol–water partition coefficient (Wildman–Crippen LogP) is 2.68. The van der Waals surface area contributed by atoms with Gasteiger partial charge < -0.3 is 15.4 Å². The molecule has 1 rings (SSSR count). The monoisotopic (exact) mass is 290 g/mol. The van der Waals surface area contributed by atoms with E-state index in [0.717, 1.165) is 0 Å². The topological polar surface area (TPSA) is 67.4 Å². The molecule has 98 valence electrons. The van der Waals surface area contributed by atoms with Crippen LogP contribution in [0.4, 0.5) is 10.5 Å². The third-order valence-electron chi connectivity index (χ3n) is 1.88. The highest BCUT2D eigenvalue weighted by Crippen LogP contribution is 2.25. The molecule has 18 heavy (non-hydrogen) atoms. The Morgan fingerprint density at radius 3 is 2.72 bits per heavy atom. The molecule has 7 heteroatoms. The van der Waals surface area contributed by atoms with Crippen molar-refractivity contribution in [2.45, 2.75) is 6.92 Å². The van der Waals surface area contributed by atoms with Crippen LogP contribution in [0.5, 0.6) is 0 Å². The number of anilines is 1. The number of urea groups is 1. The summed E-state index contributed by atoms with van der Waals surface area (Å²) in [6.45, 7) is 1.74. The molecule has 0 radical (unpaired) electrons. The minimum Gasteiger partial charge on any atom is -0.465 e. The number of hydrogen-bond donors (Lipinski definition) is 2. The van der Waals surface area contributed by atoms with Crippen LogP contribution in [0.25, 0.3) is 0 Å². The number of esters is 1. The standard InChI is InChI=1S/C11H12Cl2N2O3/c1-2-18-10(16)6-14-11(17)15-9-5-7(12)3-4-8(9)13/h3-5H,2,6H2,1H3,(H2,14,15,17). The van der Waals surface area contributed by atoms with Crippen molar-refractivity contribution in [3.05, 3.63) is 28.2 Å². The van der Waals surface area contributed by atoms with Crippen LogP contribution in [0.3, 0.4) is 0 Å². The lowest BCUT2D eigenvalue weighted by Crippen LogP contribution is -2.34. The molecule has 1 aromatic carbocycles. The summed E-state index contributed by atoms with van der Waals surface area (Å²) in [6.07, 6.45) is 0. The summed E-state index contributed by atoms with van der Waals surface area (Å²) < 4.78 is 4.66. The van der Waals surface area contributed by atoms with Crippen molar-refractivity contribution in [3.63, 3.8) is 0 Å². The van der Waals surface area contributed by atoms with Crippen LogP contribution in [0.1, 0.15) is 6.92 Å². The van der Waals surface area contributed by atoms with Crippen molar-refractivity contribution in [1.29, 1.82) is 0 Å². The van der Waals surface area contributed by atoms with Gasteiger partial charge in [-0.1, -0.05) is 23.2 Å². The van der Waals surface area contributed by atoms with E-state index < -0.39 is 12.0 Å². The van der Waals surface area contributed by atoms with Gasteiger partial charge in [-0.2, -0.15) is 0 Å². The van der Waals surface area contributed by atoms with Gasteiger partial charge in [0.25, 0.3) is 0 Å². The third kappa shape index (κ3) is 4.81. The second kappa shape index (κ2) is 7.08. The van der Waals surface area contributed by atoms with Gasteiger partial charge in [-0.15, -0.1) is 0 Å². The summed E-state index contributed by atoms with van der Waals surface area (Å²) in [5.74, 6) is -0.509. The van der Waals surface area contributed by atoms with Gasteiger partial charge in [0.15, 0.2) is 0 Å². The molecule has 2 N–H and O–H groups in total. The molecule has 0 saturated carbocycles. The average Bonchev–Trinajstić information content (AvgIpc) is 2.32. The molecule has 0 aromatic heterocycles. The van der Waals surface area contributed by atoms with Crippen molar-refractivity contribution in [2.24, 2.45) is 0 Å². The molecule has 0 aliphatic carbocycles. The Morgan fingerprint density at radius 1 is 1.33 bits per heavy atom. The summed E-state index contributed by atoms with van der Waals surface area (Å²) in [4.78, 5) is 22.5. The molecule has 0 atom stereocenters. The Balaban J connectivity index is 2.49. The largest absolute Gasteiger partial charge is 0.465 e. The zero-order valence-corrected chi connectivity index (χ0v) is 11.1. The number of nitrogens with one attached hydrogen (secondary N) is 2. The normalized spacial score (nSPS) is 9.72. The van der Waals surface area contributed by atoms with E-state index in [4.69, 9.17) is 23.2 Å². The second-order valence-electron chi connectivity index (χ2n) is 3.24. The molecule has 0 aliphatic rings. The van der Waals surface area contributed by atoms with E-state index >= 15 is 0 Å². The number of carbonyl (C=O) groups is 2. The molecule has 0 fully saturated rings. The fourth-order valence-corrected chi connectivity index (χ4v) is 1.46. The summed E-state index contributed by atoms with van der Waals surface area (Å²) in [5.41, 5.74) is 0.366. The zero-order chi connectivity index (χ0) is 13.5. The first-order valence-corrected chi connectivity index (χ1v) is 5.94. The molecule has 0 unspecified atom stereocenters. The van der Waals surface area contributed by atoms with Gasteiger partial charge in [0.05, 0.1) is 17.3 Å². The van der Waals surface area contributed by atoms with Crippen LogP contribution in [0.15, 0.2) is 18.2 Å². The van der Waals surface area contributed by atoms with E-state index in [1.165, 1.54) is 6.07 Å². The van der Waals surface area contributed by atoms with Crippen LogP contribution < -0.4 is 10.6 Å². The molecule has 1 aromatic rings. The van der Waals surface area contributed by atoms with E-state index in [-0.39, 0.29) is 13.2 Å². The van der Waals surface area contributed by atoms with E-state index in [2.05, 4.69) is 15.4 Å². The van der Waals surface area contributed by atoms with Gasteiger partial charge in [0.1, 0.15) is 6.54 Å². The maximum absolute atomic E-state index is 11.5. The first-order chi connectivity index (χ1) is 8.52. The molecule has 2 amide bonds. The van der Waals surface area contributed by atoms with Crippen molar-refractivity contribution in [1.82, 2.24) is 5.32 Å². The minimum absolute atomic E-state index is 0.210. The Bertz CT molecular complexity index is 452. The molecule has 0 spiro atoms. The van der Waals surface area contributed by atoms with E-state index in [0.29, 0.717) is 15.7 Å². The van der Waals surface area contributed by atoms with Crippen LogP contribution in [-0.2, 0) is 9.53 Å². The number of rotatable bonds is 4. The lowest BCUT2D eigenvalue weighted by Gasteiger charge is -2.08. The highest BCUT2D eigenvalue weighted by Gasteiger charge is 2.08. The molecule has 0 saturated heterocycles. The van der Waals surface area contributed by atoms with Gasteiger partial charge in [0.2, 0.25) is 0 Å². The number of halogens is 2. The summed E-state index contributed by atoms with van der Waals surface area (Å²) in [5, 5.41) is 5.61. The Kier molecular flexibility index (Phi) is 5.74. The molecular formula is C11H12Cl2N2O3. The Hall–Kier alpha value is -1.46. The van der Waals surface area contributed by atoms with Crippen LogP contribution in [0.2, 0.25) is 10.0 Å². The molecule has 0 heterocycles. The summed E-state index contributed by atoms with van der Waals surface area (Å²) in [7, 11) is 0. The van der Waals surface area contributed by atoms with Crippen molar-refractivity contribution < 1.29 is 14.3 Å². The maximum atomic E-state index is 11.5. The van der Waals surface area contributed by atoms with Gasteiger partial charge in [-0.05, 0) is 25.1 Å². The first kappa shape index (κ1) is 14.6. The lowest BCUT2D eigenvalue weighted by atomic mass is 10.3. The number of hydrogen-bond acceptors (Lipinski definition) is 3. The molecule has 0 bridgehead atoms.